The Bertz CT molecular complexity index is 519. The van der Waals surface area contributed by atoms with E-state index in [1.165, 1.54) is 25.8 Å². The molecule has 3 rings (SSSR count). The predicted octanol–water partition coefficient (Wildman–Crippen LogP) is 3.12. The van der Waals surface area contributed by atoms with Gasteiger partial charge in [0.1, 0.15) is 0 Å². The molecule has 2 aliphatic heterocycles. The lowest BCUT2D eigenvalue weighted by atomic mass is 9.96. The Labute approximate surface area is 131 Å². The maximum Gasteiger partial charge on any atom is 0.254 e. The van der Waals surface area contributed by atoms with Crippen LogP contribution < -0.4 is 0 Å². The van der Waals surface area contributed by atoms with Gasteiger partial charge in [0, 0.05) is 36.6 Å². The molecule has 0 spiro atoms. The molecule has 2 heterocycles. The summed E-state index contributed by atoms with van der Waals surface area (Å²) >= 11 is 5.88. The Morgan fingerprint density at radius 2 is 2.19 bits per heavy atom. The highest BCUT2D eigenvalue weighted by Gasteiger charge is 2.35. The fourth-order valence-corrected chi connectivity index (χ4v) is 3.75. The van der Waals surface area contributed by atoms with E-state index in [-0.39, 0.29) is 11.9 Å². The average molecular weight is 307 g/mol. The minimum Gasteiger partial charge on any atom is -0.333 e. The second-order valence-electron chi connectivity index (χ2n) is 6.29. The molecule has 2 fully saturated rings. The largest absolute Gasteiger partial charge is 0.333 e. The normalized spacial score (nSPS) is 26.5. The van der Waals surface area contributed by atoms with Crippen LogP contribution >= 0.6 is 11.6 Å². The molecule has 0 bridgehead atoms. The van der Waals surface area contributed by atoms with E-state index in [0.717, 1.165) is 24.2 Å². The summed E-state index contributed by atoms with van der Waals surface area (Å²) in [5.74, 6) is 0.604. The van der Waals surface area contributed by atoms with Gasteiger partial charge in [-0.05, 0) is 44.0 Å². The molecule has 1 amide bonds. The third-order valence-electron chi connectivity index (χ3n) is 4.78. The molecule has 2 atom stereocenters. The molecule has 0 aliphatic carbocycles. The zero-order valence-electron chi connectivity index (χ0n) is 12.6. The highest BCUT2D eigenvalue weighted by molar-refractivity contribution is 6.17. The molecule has 114 valence electrons. The maximum atomic E-state index is 12.8. The summed E-state index contributed by atoms with van der Waals surface area (Å²) in [6.07, 6.45) is 3.81. The summed E-state index contributed by atoms with van der Waals surface area (Å²) in [7, 11) is 0. The van der Waals surface area contributed by atoms with E-state index in [0.29, 0.717) is 11.9 Å². The van der Waals surface area contributed by atoms with Gasteiger partial charge >= 0.3 is 0 Å². The molecular weight excluding hydrogens is 284 g/mol. The van der Waals surface area contributed by atoms with Gasteiger partial charge in [-0.3, -0.25) is 9.69 Å². The summed E-state index contributed by atoms with van der Waals surface area (Å²) in [5, 5.41) is 0. The Kier molecular flexibility index (Phi) is 4.51. The zero-order valence-corrected chi connectivity index (χ0v) is 13.4. The van der Waals surface area contributed by atoms with Crippen molar-refractivity contribution in [2.75, 3.05) is 19.6 Å². The van der Waals surface area contributed by atoms with E-state index in [1.807, 2.05) is 24.3 Å². The van der Waals surface area contributed by atoms with Crippen LogP contribution in [0.1, 0.15) is 42.1 Å². The van der Waals surface area contributed by atoms with E-state index < -0.39 is 0 Å². The SMILES string of the molecule is CC1CN2CCCCC2CN1C(=O)c1cccc(CCl)c1. The van der Waals surface area contributed by atoms with Crippen LogP contribution in [0.2, 0.25) is 0 Å². The predicted molar refractivity (Wildman–Crippen MR) is 85.7 cm³/mol. The van der Waals surface area contributed by atoms with Crippen LogP contribution in [0.4, 0.5) is 0 Å². The van der Waals surface area contributed by atoms with Crippen molar-refractivity contribution < 1.29 is 4.79 Å². The van der Waals surface area contributed by atoms with E-state index in [4.69, 9.17) is 11.6 Å². The van der Waals surface area contributed by atoms with Crippen molar-refractivity contribution >= 4 is 17.5 Å². The van der Waals surface area contributed by atoms with Crippen LogP contribution in [0, 0.1) is 0 Å². The highest BCUT2D eigenvalue weighted by atomic mass is 35.5. The van der Waals surface area contributed by atoms with Crippen LogP contribution in [0.5, 0.6) is 0 Å². The van der Waals surface area contributed by atoms with Crippen molar-refractivity contribution in [2.24, 2.45) is 0 Å². The summed E-state index contributed by atoms with van der Waals surface area (Å²) in [6.45, 7) is 5.23. The second-order valence-corrected chi connectivity index (χ2v) is 6.55. The topological polar surface area (TPSA) is 23.6 Å². The Hall–Kier alpha value is -1.06. The second kappa shape index (κ2) is 6.37. The molecule has 2 aliphatic rings. The number of hydrogen-bond acceptors (Lipinski definition) is 2. The lowest BCUT2D eigenvalue weighted by Gasteiger charge is -2.47. The van der Waals surface area contributed by atoms with Crippen LogP contribution in [0.25, 0.3) is 0 Å². The number of piperazine rings is 1. The molecule has 0 N–H and O–H groups in total. The molecule has 1 aromatic rings. The van der Waals surface area contributed by atoms with Gasteiger partial charge in [-0.1, -0.05) is 18.6 Å². The van der Waals surface area contributed by atoms with Crippen molar-refractivity contribution in [1.82, 2.24) is 9.80 Å². The van der Waals surface area contributed by atoms with Crippen molar-refractivity contribution in [3.63, 3.8) is 0 Å². The summed E-state index contributed by atoms with van der Waals surface area (Å²) in [6, 6.07) is 8.55. The number of carbonyl (C=O) groups is 1. The number of alkyl halides is 1. The summed E-state index contributed by atoms with van der Waals surface area (Å²) in [4.78, 5) is 17.4. The van der Waals surface area contributed by atoms with E-state index in [1.54, 1.807) is 0 Å². The lowest BCUT2D eigenvalue weighted by Crippen LogP contribution is -2.60. The highest BCUT2D eigenvalue weighted by Crippen LogP contribution is 2.25. The first-order valence-electron chi connectivity index (χ1n) is 7.89. The summed E-state index contributed by atoms with van der Waals surface area (Å²) in [5.41, 5.74) is 1.77. The van der Waals surface area contributed by atoms with Crippen molar-refractivity contribution in [1.29, 1.82) is 0 Å². The minimum absolute atomic E-state index is 0.152. The smallest absolute Gasteiger partial charge is 0.254 e. The van der Waals surface area contributed by atoms with E-state index >= 15 is 0 Å². The number of rotatable bonds is 2. The first-order valence-corrected chi connectivity index (χ1v) is 8.42. The standard InChI is InChI=1S/C17H23ClN2O/c1-13-11-19-8-3-2-7-16(19)12-20(13)17(21)15-6-4-5-14(9-15)10-18/h4-6,9,13,16H,2-3,7-8,10-12H2,1H3. The molecule has 21 heavy (non-hydrogen) atoms. The van der Waals surface area contributed by atoms with Gasteiger partial charge in [0.05, 0.1) is 0 Å². The molecule has 0 saturated carbocycles. The molecule has 1 aromatic carbocycles. The number of hydrogen-bond donors (Lipinski definition) is 0. The van der Waals surface area contributed by atoms with Gasteiger partial charge in [0.15, 0.2) is 0 Å². The van der Waals surface area contributed by atoms with Crippen molar-refractivity contribution in [3.05, 3.63) is 35.4 Å². The van der Waals surface area contributed by atoms with Gasteiger partial charge in [-0.15, -0.1) is 11.6 Å². The van der Waals surface area contributed by atoms with Crippen molar-refractivity contribution in [3.8, 4) is 0 Å². The van der Waals surface area contributed by atoms with Gasteiger partial charge in [0.2, 0.25) is 0 Å². The molecular formula is C17H23ClN2O. The number of piperidine rings is 1. The van der Waals surface area contributed by atoms with E-state index in [2.05, 4.69) is 16.7 Å². The fourth-order valence-electron chi connectivity index (χ4n) is 3.59. The first-order chi connectivity index (χ1) is 10.2. The fraction of sp³-hybridized carbons (Fsp3) is 0.588. The molecule has 4 heteroatoms. The van der Waals surface area contributed by atoms with Crippen LogP contribution in [0.3, 0.4) is 0 Å². The molecule has 3 nitrogen and oxygen atoms in total. The lowest BCUT2D eigenvalue weighted by molar-refractivity contribution is 0.0151. The Morgan fingerprint density at radius 1 is 1.33 bits per heavy atom. The Morgan fingerprint density at radius 3 is 3.00 bits per heavy atom. The monoisotopic (exact) mass is 306 g/mol. The number of benzene rings is 1. The van der Waals surface area contributed by atoms with Crippen molar-refractivity contribution in [2.45, 2.75) is 44.1 Å². The van der Waals surface area contributed by atoms with Crippen LogP contribution in [-0.2, 0) is 5.88 Å². The van der Waals surface area contributed by atoms with Crippen LogP contribution in [0.15, 0.2) is 24.3 Å². The van der Waals surface area contributed by atoms with Gasteiger partial charge in [-0.25, -0.2) is 0 Å². The molecule has 2 saturated heterocycles. The first kappa shape index (κ1) is 14.9. The molecule has 0 aromatic heterocycles. The number of amides is 1. The number of halogens is 1. The number of carbonyl (C=O) groups excluding carboxylic acids is 1. The maximum absolute atomic E-state index is 12.8. The minimum atomic E-state index is 0.152. The van der Waals surface area contributed by atoms with Gasteiger partial charge in [0.25, 0.3) is 5.91 Å². The summed E-state index contributed by atoms with van der Waals surface area (Å²) < 4.78 is 0. The van der Waals surface area contributed by atoms with Crippen LogP contribution in [-0.4, -0.2) is 47.4 Å². The van der Waals surface area contributed by atoms with Gasteiger partial charge < -0.3 is 4.90 Å². The third-order valence-corrected chi connectivity index (χ3v) is 5.09. The number of fused-ring (bicyclic) bond motifs is 1. The average Bonchev–Trinajstić information content (AvgIpc) is 2.53. The molecule has 2 unspecified atom stereocenters. The Balaban J connectivity index is 1.77. The zero-order chi connectivity index (χ0) is 14.8. The third kappa shape index (κ3) is 3.09. The number of nitrogens with zero attached hydrogens (tertiary/aromatic N) is 2. The quantitative estimate of drug-likeness (QED) is 0.784. The van der Waals surface area contributed by atoms with Gasteiger partial charge in [-0.2, -0.15) is 0 Å². The van der Waals surface area contributed by atoms with E-state index in [9.17, 15) is 4.79 Å². The molecule has 0 radical (unpaired) electrons.